The van der Waals surface area contributed by atoms with E-state index in [1.54, 1.807) is 4.68 Å². The Morgan fingerprint density at radius 3 is 2.71 bits per heavy atom. The minimum absolute atomic E-state index is 0.0237. The van der Waals surface area contributed by atoms with Gasteiger partial charge in [-0.05, 0) is 31.5 Å². The molecule has 0 bridgehead atoms. The zero-order valence-corrected chi connectivity index (χ0v) is 13.0. The highest BCUT2D eigenvalue weighted by molar-refractivity contribution is 5.92. The van der Waals surface area contributed by atoms with Crippen LogP contribution in [0.15, 0.2) is 30.6 Å². The monoisotopic (exact) mass is 286 g/mol. The molecule has 1 amide bonds. The minimum atomic E-state index is 0.0237. The van der Waals surface area contributed by atoms with Gasteiger partial charge in [0.2, 0.25) is 5.91 Å². The average molecular weight is 286 g/mol. The van der Waals surface area contributed by atoms with Crippen LogP contribution in [0, 0.1) is 6.92 Å². The van der Waals surface area contributed by atoms with Crippen molar-refractivity contribution in [2.75, 3.05) is 10.6 Å². The average Bonchev–Trinajstić information content (AvgIpc) is 2.89. The van der Waals surface area contributed by atoms with Crippen LogP contribution in [0.25, 0.3) is 0 Å². The summed E-state index contributed by atoms with van der Waals surface area (Å²) in [5.74, 6) is 0.0237. The Morgan fingerprint density at radius 2 is 2.10 bits per heavy atom. The van der Waals surface area contributed by atoms with E-state index in [0.29, 0.717) is 6.42 Å². The normalized spacial score (nSPS) is 12.0. The number of hydrogen-bond donors (Lipinski definition) is 2. The van der Waals surface area contributed by atoms with Gasteiger partial charge in [0.05, 0.1) is 12.2 Å². The van der Waals surface area contributed by atoms with Gasteiger partial charge in [-0.25, -0.2) is 0 Å². The van der Waals surface area contributed by atoms with Gasteiger partial charge >= 0.3 is 0 Å². The lowest BCUT2D eigenvalue weighted by atomic mass is 10.1. The van der Waals surface area contributed by atoms with Gasteiger partial charge in [-0.2, -0.15) is 5.10 Å². The molecular weight excluding hydrogens is 264 g/mol. The Balaban J connectivity index is 2.16. The number of carbonyl (C=O) groups is 1. The molecule has 0 fully saturated rings. The Morgan fingerprint density at radius 1 is 1.38 bits per heavy atom. The summed E-state index contributed by atoms with van der Waals surface area (Å²) in [6.07, 6.45) is 4.33. The molecule has 2 N–H and O–H groups in total. The van der Waals surface area contributed by atoms with Gasteiger partial charge < -0.3 is 10.6 Å². The van der Waals surface area contributed by atoms with Crippen LogP contribution in [0.1, 0.15) is 37.4 Å². The lowest BCUT2D eigenvalue weighted by Gasteiger charge is -2.18. The van der Waals surface area contributed by atoms with Crippen LogP contribution in [0.3, 0.4) is 0 Å². The molecule has 1 aromatic heterocycles. The molecule has 2 rings (SSSR count). The first-order valence-electron chi connectivity index (χ1n) is 7.15. The first-order chi connectivity index (χ1) is 10.0. The molecule has 21 heavy (non-hydrogen) atoms. The first-order valence-corrected chi connectivity index (χ1v) is 7.15. The van der Waals surface area contributed by atoms with Gasteiger partial charge in [-0.15, -0.1) is 0 Å². The van der Waals surface area contributed by atoms with E-state index in [4.69, 9.17) is 0 Å². The molecule has 0 saturated carbocycles. The molecule has 1 aromatic carbocycles. The highest BCUT2D eigenvalue weighted by Gasteiger charge is 2.11. The van der Waals surface area contributed by atoms with Gasteiger partial charge in [0.15, 0.2) is 0 Å². The second-order valence-corrected chi connectivity index (χ2v) is 5.19. The lowest BCUT2D eigenvalue weighted by molar-refractivity contribution is -0.115. The van der Waals surface area contributed by atoms with E-state index in [1.165, 1.54) is 0 Å². The molecule has 0 saturated heterocycles. The van der Waals surface area contributed by atoms with Crippen LogP contribution in [-0.2, 0) is 11.8 Å². The van der Waals surface area contributed by atoms with Gasteiger partial charge in [-0.1, -0.05) is 13.0 Å². The van der Waals surface area contributed by atoms with E-state index in [0.717, 1.165) is 22.5 Å². The van der Waals surface area contributed by atoms with Gasteiger partial charge in [0, 0.05) is 36.6 Å². The van der Waals surface area contributed by atoms with Crippen molar-refractivity contribution >= 4 is 17.3 Å². The van der Waals surface area contributed by atoms with Crippen LogP contribution in [-0.4, -0.2) is 15.7 Å². The van der Waals surface area contributed by atoms with Crippen LogP contribution in [0.4, 0.5) is 11.4 Å². The maximum atomic E-state index is 11.5. The van der Waals surface area contributed by atoms with Crippen molar-refractivity contribution in [2.45, 2.75) is 33.2 Å². The van der Waals surface area contributed by atoms with Crippen LogP contribution < -0.4 is 10.6 Å². The molecular formula is C16H22N4O. The molecule has 5 nitrogen and oxygen atoms in total. The standard InChI is InChI=1S/C16H22N4O/c1-5-16(21)19-15-8-6-7-14(11(15)2)18-12(3)13-9-17-20(4)10-13/h6-10,12,18H,5H2,1-4H3,(H,19,21). The van der Waals surface area contributed by atoms with Crippen molar-refractivity contribution in [3.05, 3.63) is 41.7 Å². The third kappa shape index (κ3) is 3.62. The van der Waals surface area contributed by atoms with Crippen LogP contribution >= 0.6 is 0 Å². The molecule has 5 heteroatoms. The SMILES string of the molecule is CCC(=O)Nc1cccc(NC(C)c2cnn(C)c2)c1C. The number of hydrogen-bond acceptors (Lipinski definition) is 3. The maximum absolute atomic E-state index is 11.5. The van der Waals surface area contributed by atoms with E-state index in [1.807, 2.05) is 51.5 Å². The van der Waals surface area contributed by atoms with Crippen LogP contribution in [0.5, 0.6) is 0 Å². The number of carbonyl (C=O) groups excluding carboxylic acids is 1. The quantitative estimate of drug-likeness (QED) is 0.887. The fraction of sp³-hybridized carbons (Fsp3) is 0.375. The van der Waals surface area contributed by atoms with E-state index < -0.39 is 0 Å². The molecule has 0 aliphatic carbocycles. The summed E-state index contributed by atoms with van der Waals surface area (Å²) in [7, 11) is 1.91. The van der Waals surface area contributed by atoms with E-state index in [-0.39, 0.29) is 11.9 Å². The van der Waals surface area contributed by atoms with Gasteiger partial charge in [0.25, 0.3) is 0 Å². The van der Waals surface area contributed by atoms with Crippen molar-refractivity contribution in [1.82, 2.24) is 9.78 Å². The van der Waals surface area contributed by atoms with Crippen molar-refractivity contribution in [1.29, 1.82) is 0 Å². The predicted molar refractivity (Wildman–Crippen MR) is 85.3 cm³/mol. The van der Waals surface area contributed by atoms with Crippen LogP contribution in [0.2, 0.25) is 0 Å². The maximum Gasteiger partial charge on any atom is 0.224 e. The Bertz CT molecular complexity index is 633. The number of anilines is 2. The summed E-state index contributed by atoms with van der Waals surface area (Å²) in [5, 5.41) is 10.6. The van der Waals surface area contributed by atoms with Crippen molar-refractivity contribution in [3.8, 4) is 0 Å². The topological polar surface area (TPSA) is 59.0 Å². The number of amides is 1. The fourth-order valence-electron chi connectivity index (χ4n) is 2.15. The van der Waals surface area contributed by atoms with E-state index >= 15 is 0 Å². The van der Waals surface area contributed by atoms with Gasteiger partial charge in [0.1, 0.15) is 0 Å². The minimum Gasteiger partial charge on any atom is -0.378 e. The Hall–Kier alpha value is -2.30. The number of nitrogens with one attached hydrogen (secondary N) is 2. The molecule has 0 aliphatic rings. The number of rotatable bonds is 5. The van der Waals surface area contributed by atoms with E-state index in [9.17, 15) is 4.79 Å². The lowest BCUT2D eigenvalue weighted by Crippen LogP contribution is -2.12. The van der Waals surface area contributed by atoms with Crippen molar-refractivity contribution < 1.29 is 4.79 Å². The van der Waals surface area contributed by atoms with Crippen molar-refractivity contribution in [2.24, 2.45) is 7.05 Å². The third-order valence-corrected chi connectivity index (χ3v) is 3.53. The smallest absolute Gasteiger partial charge is 0.224 e. The third-order valence-electron chi connectivity index (χ3n) is 3.53. The summed E-state index contributed by atoms with van der Waals surface area (Å²) in [6, 6.07) is 6.03. The number of nitrogens with zero attached hydrogens (tertiary/aromatic N) is 2. The zero-order chi connectivity index (χ0) is 15.4. The van der Waals surface area contributed by atoms with Crippen molar-refractivity contribution in [3.63, 3.8) is 0 Å². The molecule has 112 valence electrons. The molecule has 0 radical (unpaired) electrons. The fourth-order valence-corrected chi connectivity index (χ4v) is 2.15. The second kappa shape index (κ2) is 6.43. The molecule has 0 aliphatic heterocycles. The number of aromatic nitrogens is 2. The highest BCUT2D eigenvalue weighted by Crippen LogP contribution is 2.27. The van der Waals surface area contributed by atoms with E-state index in [2.05, 4.69) is 22.7 Å². The first kappa shape index (κ1) is 15.1. The molecule has 0 spiro atoms. The summed E-state index contributed by atoms with van der Waals surface area (Å²) >= 11 is 0. The Kier molecular flexibility index (Phi) is 4.62. The Labute approximate surface area is 125 Å². The summed E-state index contributed by atoms with van der Waals surface area (Å²) in [4.78, 5) is 11.5. The number of aryl methyl sites for hydroxylation is 1. The molecule has 1 heterocycles. The predicted octanol–water partition coefficient (Wildman–Crippen LogP) is 3.25. The molecule has 1 unspecified atom stereocenters. The summed E-state index contributed by atoms with van der Waals surface area (Å²) in [6.45, 7) is 5.94. The molecule has 2 aromatic rings. The summed E-state index contributed by atoms with van der Waals surface area (Å²) in [5.41, 5.74) is 4.03. The zero-order valence-electron chi connectivity index (χ0n) is 13.0. The second-order valence-electron chi connectivity index (χ2n) is 5.19. The highest BCUT2D eigenvalue weighted by atomic mass is 16.1. The largest absolute Gasteiger partial charge is 0.378 e. The number of benzene rings is 1. The summed E-state index contributed by atoms with van der Waals surface area (Å²) < 4.78 is 1.79. The van der Waals surface area contributed by atoms with Gasteiger partial charge in [-0.3, -0.25) is 9.48 Å². The molecule has 1 atom stereocenters.